The molecule has 0 unspecified atom stereocenters. The fourth-order valence-corrected chi connectivity index (χ4v) is 2.02. The van der Waals surface area contributed by atoms with E-state index in [4.69, 9.17) is 0 Å². The summed E-state index contributed by atoms with van der Waals surface area (Å²) >= 11 is 0. The lowest BCUT2D eigenvalue weighted by molar-refractivity contribution is 0.0697. The van der Waals surface area contributed by atoms with Crippen LogP contribution in [0.25, 0.3) is 11.1 Å². The van der Waals surface area contributed by atoms with Crippen molar-refractivity contribution in [2.45, 2.75) is 0 Å². The van der Waals surface area contributed by atoms with Gasteiger partial charge in [0.15, 0.2) is 5.84 Å². The van der Waals surface area contributed by atoms with Crippen molar-refractivity contribution in [2.24, 2.45) is 5.10 Å². The maximum absolute atomic E-state index is 11.3. The van der Waals surface area contributed by atoms with Crippen LogP contribution in [0.15, 0.2) is 53.6 Å². The lowest BCUT2D eigenvalue weighted by Crippen LogP contribution is -2.35. The zero-order valence-electron chi connectivity index (χ0n) is 10.4. The molecule has 1 heterocycles. The standard InChI is InChI=1S/C14H12N4O2/c19-14(20)12-7-10(9-4-2-1-3-5-9)6-11(8-12)13-15-17-18-16-13/h1-8,17-18H,(H,15,16)(H,19,20). The second kappa shape index (κ2) is 5.02. The van der Waals surface area contributed by atoms with E-state index < -0.39 is 5.97 Å². The van der Waals surface area contributed by atoms with E-state index in [0.717, 1.165) is 11.1 Å². The number of carbonyl (C=O) groups is 1. The van der Waals surface area contributed by atoms with Crippen molar-refractivity contribution >= 4 is 11.8 Å². The maximum atomic E-state index is 11.3. The first-order chi connectivity index (χ1) is 9.74. The Bertz CT molecular complexity index is 683. The molecule has 0 aromatic heterocycles. The van der Waals surface area contributed by atoms with Gasteiger partial charge in [0.2, 0.25) is 0 Å². The monoisotopic (exact) mass is 268 g/mol. The highest BCUT2D eigenvalue weighted by Crippen LogP contribution is 2.22. The minimum absolute atomic E-state index is 0.220. The molecule has 0 amide bonds. The summed E-state index contributed by atoms with van der Waals surface area (Å²) in [7, 11) is 0. The third-order valence-corrected chi connectivity index (χ3v) is 2.97. The summed E-state index contributed by atoms with van der Waals surface area (Å²) < 4.78 is 0. The van der Waals surface area contributed by atoms with Crippen LogP contribution in [0.1, 0.15) is 15.9 Å². The van der Waals surface area contributed by atoms with Crippen molar-refractivity contribution in [3.05, 3.63) is 59.7 Å². The molecule has 0 atom stereocenters. The van der Waals surface area contributed by atoms with Crippen LogP contribution in [0.5, 0.6) is 0 Å². The van der Waals surface area contributed by atoms with Crippen LogP contribution in [-0.4, -0.2) is 16.9 Å². The highest BCUT2D eigenvalue weighted by Gasteiger charge is 2.13. The molecule has 6 heteroatoms. The number of hydrogen-bond donors (Lipinski definition) is 4. The van der Waals surface area contributed by atoms with Gasteiger partial charge in [0.25, 0.3) is 0 Å². The van der Waals surface area contributed by atoms with E-state index in [9.17, 15) is 9.90 Å². The SMILES string of the molecule is O=C(O)c1cc(C2=NNNN2)cc(-c2ccccc2)c1. The number of rotatable bonds is 3. The molecule has 4 N–H and O–H groups in total. The molecule has 2 aromatic carbocycles. The van der Waals surface area contributed by atoms with Gasteiger partial charge in [-0.1, -0.05) is 30.3 Å². The Balaban J connectivity index is 2.12. The first-order valence-corrected chi connectivity index (χ1v) is 6.02. The van der Waals surface area contributed by atoms with E-state index in [1.165, 1.54) is 0 Å². The second-order valence-electron chi connectivity index (χ2n) is 4.29. The molecule has 0 radical (unpaired) electrons. The van der Waals surface area contributed by atoms with Crippen LogP contribution in [0.3, 0.4) is 0 Å². The molecule has 0 saturated carbocycles. The fraction of sp³-hybridized carbons (Fsp3) is 0. The van der Waals surface area contributed by atoms with Gasteiger partial charge in [0, 0.05) is 5.56 Å². The zero-order valence-corrected chi connectivity index (χ0v) is 10.4. The molecule has 2 aromatic rings. The Morgan fingerprint density at radius 2 is 1.75 bits per heavy atom. The van der Waals surface area contributed by atoms with Crippen LogP contribution in [0.2, 0.25) is 0 Å². The summed E-state index contributed by atoms with van der Waals surface area (Å²) in [5, 5.41) is 13.2. The Kier molecular flexibility index (Phi) is 3.06. The average Bonchev–Trinajstić information content (AvgIpc) is 3.02. The predicted octanol–water partition coefficient (Wildman–Crippen LogP) is 1.33. The predicted molar refractivity (Wildman–Crippen MR) is 74.8 cm³/mol. The summed E-state index contributed by atoms with van der Waals surface area (Å²) in [4.78, 5) is 11.3. The number of carboxylic acid groups (broad SMARTS) is 1. The van der Waals surface area contributed by atoms with Crippen molar-refractivity contribution in [2.75, 3.05) is 0 Å². The molecule has 20 heavy (non-hydrogen) atoms. The van der Waals surface area contributed by atoms with Crippen LogP contribution in [0.4, 0.5) is 0 Å². The molecule has 100 valence electrons. The van der Waals surface area contributed by atoms with E-state index in [-0.39, 0.29) is 5.56 Å². The lowest BCUT2D eigenvalue weighted by atomic mass is 9.99. The van der Waals surface area contributed by atoms with Gasteiger partial charge in [-0.2, -0.15) is 0 Å². The van der Waals surface area contributed by atoms with Gasteiger partial charge in [0.1, 0.15) is 0 Å². The molecule has 0 fully saturated rings. The first kappa shape index (κ1) is 12.2. The third kappa shape index (κ3) is 2.32. The van der Waals surface area contributed by atoms with E-state index in [1.807, 2.05) is 36.4 Å². The highest BCUT2D eigenvalue weighted by atomic mass is 16.4. The van der Waals surface area contributed by atoms with Gasteiger partial charge in [0.05, 0.1) is 5.56 Å². The van der Waals surface area contributed by atoms with Gasteiger partial charge < -0.3 is 5.11 Å². The topological polar surface area (TPSA) is 85.8 Å². The van der Waals surface area contributed by atoms with Gasteiger partial charge >= 0.3 is 5.97 Å². The Morgan fingerprint density at radius 1 is 1.00 bits per heavy atom. The van der Waals surface area contributed by atoms with Crippen molar-refractivity contribution in [1.29, 1.82) is 0 Å². The molecule has 1 aliphatic rings. The summed E-state index contributed by atoms with van der Waals surface area (Å²) in [5.74, 6) is -0.422. The van der Waals surface area contributed by atoms with Crippen molar-refractivity contribution in [1.82, 2.24) is 16.5 Å². The number of aromatic carboxylic acids is 1. The number of hydrogen-bond acceptors (Lipinski definition) is 5. The normalized spacial score (nSPS) is 13.3. The third-order valence-electron chi connectivity index (χ3n) is 2.97. The van der Waals surface area contributed by atoms with Crippen LogP contribution >= 0.6 is 0 Å². The summed E-state index contributed by atoms with van der Waals surface area (Å²) in [6.45, 7) is 0. The summed E-state index contributed by atoms with van der Waals surface area (Å²) in [5.41, 5.74) is 10.7. The largest absolute Gasteiger partial charge is 0.478 e. The van der Waals surface area contributed by atoms with Crippen LogP contribution < -0.4 is 16.5 Å². The Morgan fingerprint density at radius 3 is 2.40 bits per heavy atom. The number of hydrazone groups is 1. The van der Waals surface area contributed by atoms with Gasteiger partial charge in [-0.05, 0) is 29.3 Å². The number of nitrogens with zero attached hydrogens (tertiary/aromatic N) is 1. The number of hydrazine groups is 2. The number of benzene rings is 2. The Labute approximate surface area is 115 Å². The highest BCUT2D eigenvalue weighted by molar-refractivity contribution is 6.02. The maximum Gasteiger partial charge on any atom is 0.335 e. The van der Waals surface area contributed by atoms with Crippen molar-refractivity contribution in [3.63, 3.8) is 0 Å². The summed E-state index contributed by atoms with van der Waals surface area (Å²) in [6, 6.07) is 14.7. The zero-order chi connectivity index (χ0) is 13.9. The molecular formula is C14H12N4O2. The van der Waals surface area contributed by atoms with Gasteiger partial charge in [-0.3, -0.25) is 5.43 Å². The van der Waals surface area contributed by atoms with Gasteiger partial charge in [-0.15, -0.1) is 10.6 Å². The molecule has 3 rings (SSSR count). The molecule has 0 aliphatic carbocycles. The minimum atomic E-state index is -0.969. The number of carboxylic acids is 1. The number of nitrogens with one attached hydrogen (secondary N) is 3. The second-order valence-corrected chi connectivity index (χ2v) is 4.29. The molecular weight excluding hydrogens is 256 g/mol. The quantitative estimate of drug-likeness (QED) is 0.674. The van der Waals surface area contributed by atoms with Crippen molar-refractivity contribution < 1.29 is 9.90 Å². The lowest BCUT2D eigenvalue weighted by Gasteiger charge is -2.08. The van der Waals surface area contributed by atoms with E-state index in [2.05, 4.69) is 21.6 Å². The molecule has 1 aliphatic heterocycles. The van der Waals surface area contributed by atoms with Crippen molar-refractivity contribution in [3.8, 4) is 11.1 Å². The molecule has 0 saturated heterocycles. The smallest absolute Gasteiger partial charge is 0.335 e. The fourth-order valence-electron chi connectivity index (χ4n) is 2.02. The average molecular weight is 268 g/mol. The minimum Gasteiger partial charge on any atom is -0.478 e. The Hall–Kier alpha value is -2.86. The van der Waals surface area contributed by atoms with Crippen LogP contribution in [-0.2, 0) is 0 Å². The van der Waals surface area contributed by atoms with Crippen LogP contribution in [0, 0.1) is 0 Å². The number of amidine groups is 1. The first-order valence-electron chi connectivity index (χ1n) is 6.02. The van der Waals surface area contributed by atoms with E-state index >= 15 is 0 Å². The van der Waals surface area contributed by atoms with Gasteiger partial charge in [-0.25, -0.2) is 10.3 Å². The molecule has 0 bridgehead atoms. The molecule has 0 spiro atoms. The van der Waals surface area contributed by atoms with E-state index in [0.29, 0.717) is 11.4 Å². The molecule has 6 nitrogen and oxygen atoms in total. The van der Waals surface area contributed by atoms with E-state index in [1.54, 1.807) is 12.1 Å². The summed E-state index contributed by atoms with van der Waals surface area (Å²) in [6.07, 6.45) is 0.